The number of nitriles is 3. The van der Waals surface area contributed by atoms with Crippen molar-refractivity contribution in [3.05, 3.63) is 0 Å². The molecule has 0 saturated carbocycles. The lowest BCUT2D eigenvalue weighted by molar-refractivity contribution is 0.792. The Morgan fingerprint density at radius 1 is 0.526 bits per heavy atom. The van der Waals surface area contributed by atoms with Crippen LogP contribution in [0.2, 0.25) is 0 Å². The lowest BCUT2D eigenvalue weighted by Gasteiger charge is -2.17. The molecule has 0 atom stereocenters. The van der Waals surface area contributed by atoms with Crippen LogP contribution in [-0.2, 0) is 0 Å². The van der Waals surface area contributed by atoms with Crippen molar-refractivity contribution in [3.8, 4) is 18.2 Å². The maximum Gasteiger partial charge on any atom is 0.0621 e. The van der Waals surface area contributed by atoms with Gasteiger partial charge in [-0.3, -0.25) is 0 Å². The molecule has 0 heterocycles. The molecule has 3 nitrogen and oxygen atoms in total. The van der Waals surface area contributed by atoms with Gasteiger partial charge in [-0.25, -0.2) is 0 Å². The van der Waals surface area contributed by atoms with Crippen LogP contribution in [0.4, 0.5) is 0 Å². The third-order valence-electron chi connectivity index (χ3n) is 3.04. The van der Waals surface area contributed by atoms with Gasteiger partial charge >= 0.3 is 0 Å². The van der Waals surface area contributed by atoms with Crippen LogP contribution in [0.15, 0.2) is 0 Å². The number of unbranched alkanes of at least 4 members (excludes halogenated alkanes) is 6. The van der Waals surface area contributed by atoms with Crippen molar-refractivity contribution in [2.24, 2.45) is 0 Å². The standard InChI is InChI=1S/C15H24N3P/c16-10-4-1-7-13-19(14-8-2-5-11-17)15-9-3-6-12-18/h1-9,13-15H2. The zero-order valence-corrected chi connectivity index (χ0v) is 12.7. The Morgan fingerprint density at radius 2 is 0.842 bits per heavy atom. The Kier molecular flexibility index (Phi) is 14.1. The summed E-state index contributed by atoms with van der Waals surface area (Å²) >= 11 is 0. The van der Waals surface area contributed by atoms with Crippen molar-refractivity contribution in [3.63, 3.8) is 0 Å². The summed E-state index contributed by atoms with van der Waals surface area (Å²) in [6.07, 6.45) is 12.3. The van der Waals surface area contributed by atoms with Crippen molar-refractivity contribution >= 4 is 7.92 Å². The molecule has 4 heteroatoms. The molecule has 0 bridgehead atoms. The van der Waals surface area contributed by atoms with E-state index in [9.17, 15) is 0 Å². The van der Waals surface area contributed by atoms with Crippen LogP contribution in [-0.4, -0.2) is 18.5 Å². The van der Waals surface area contributed by atoms with Gasteiger partial charge in [-0.05, 0) is 57.0 Å². The minimum Gasteiger partial charge on any atom is -0.198 e. The average molecular weight is 277 g/mol. The van der Waals surface area contributed by atoms with Crippen molar-refractivity contribution < 1.29 is 0 Å². The fourth-order valence-corrected chi connectivity index (χ4v) is 4.64. The topological polar surface area (TPSA) is 71.4 Å². The lowest BCUT2D eigenvalue weighted by atomic mass is 10.3. The summed E-state index contributed by atoms with van der Waals surface area (Å²) < 4.78 is 0. The Balaban J connectivity index is 3.77. The maximum absolute atomic E-state index is 8.53. The van der Waals surface area contributed by atoms with Gasteiger partial charge in [0, 0.05) is 19.3 Å². The molecule has 0 saturated heterocycles. The van der Waals surface area contributed by atoms with E-state index in [1.807, 2.05) is 0 Å². The molecule has 0 aromatic carbocycles. The van der Waals surface area contributed by atoms with Gasteiger partial charge < -0.3 is 0 Å². The minimum atomic E-state index is 0.0613. The van der Waals surface area contributed by atoms with Gasteiger partial charge in [0.1, 0.15) is 0 Å². The van der Waals surface area contributed by atoms with Gasteiger partial charge in [-0.15, -0.1) is 7.92 Å². The van der Waals surface area contributed by atoms with E-state index in [4.69, 9.17) is 15.8 Å². The molecule has 0 aliphatic heterocycles. The van der Waals surface area contributed by atoms with Gasteiger partial charge in [0.05, 0.1) is 18.2 Å². The first-order chi connectivity index (χ1) is 9.35. The van der Waals surface area contributed by atoms with Crippen LogP contribution in [0.5, 0.6) is 0 Å². The monoisotopic (exact) mass is 277 g/mol. The van der Waals surface area contributed by atoms with Crippen molar-refractivity contribution in [2.75, 3.05) is 18.5 Å². The van der Waals surface area contributed by atoms with Crippen molar-refractivity contribution in [1.82, 2.24) is 0 Å². The average Bonchev–Trinajstić information content (AvgIpc) is 2.43. The highest BCUT2D eigenvalue weighted by Crippen LogP contribution is 2.39. The van der Waals surface area contributed by atoms with Gasteiger partial charge in [0.25, 0.3) is 0 Å². The molecule has 0 radical (unpaired) electrons. The van der Waals surface area contributed by atoms with E-state index in [0.717, 1.165) is 38.5 Å². The van der Waals surface area contributed by atoms with Gasteiger partial charge in [0.15, 0.2) is 0 Å². The summed E-state index contributed by atoms with van der Waals surface area (Å²) in [4.78, 5) is 0. The highest BCUT2D eigenvalue weighted by Gasteiger charge is 2.07. The van der Waals surface area contributed by atoms with E-state index in [1.54, 1.807) is 0 Å². The summed E-state index contributed by atoms with van der Waals surface area (Å²) in [5.74, 6) is 0. The molecule has 104 valence electrons. The first-order valence-electron chi connectivity index (χ1n) is 7.18. The highest BCUT2D eigenvalue weighted by molar-refractivity contribution is 7.57. The normalized spacial score (nSPS) is 9.79. The Hall–Kier alpha value is -1.10. The predicted octanol–water partition coefficient (Wildman–Crippen LogP) is 4.55. The predicted molar refractivity (Wildman–Crippen MR) is 79.9 cm³/mol. The fraction of sp³-hybridized carbons (Fsp3) is 0.800. The van der Waals surface area contributed by atoms with E-state index < -0.39 is 0 Å². The lowest BCUT2D eigenvalue weighted by Crippen LogP contribution is -1.96. The maximum atomic E-state index is 8.53. The van der Waals surface area contributed by atoms with Crippen LogP contribution in [0, 0.1) is 34.0 Å². The van der Waals surface area contributed by atoms with Crippen LogP contribution in [0.3, 0.4) is 0 Å². The number of nitrogens with zero attached hydrogens (tertiary/aromatic N) is 3. The summed E-state index contributed by atoms with van der Waals surface area (Å²) in [6, 6.07) is 6.59. The number of hydrogen-bond donors (Lipinski definition) is 0. The Bertz CT molecular complexity index is 269. The molecule has 0 aromatic rings. The summed E-state index contributed by atoms with van der Waals surface area (Å²) in [7, 11) is 0.0613. The van der Waals surface area contributed by atoms with Crippen molar-refractivity contribution in [2.45, 2.75) is 57.8 Å². The second-order valence-corrected chi connectivity index (χ2v) is 7.37. The van der Waals surface area contributed by atoms with Gasteiger partial charge in [-0.2, -0.15) is 15.8 Å². The molecule has 0 amide bonds. The smallest absolute Gasteiger partial charge is 0.0621 e. The van der Waals surface area contributed by atoms with E-state index in [0.29, 0.717) is 19.3 Å². The van der Waals surface area contributed by atoms with Crippen LogP contribution >= 0.6 is 7.92 Å². The number of hydrogen-bond acceptors (Lipinski definition) is 3. The molecule has 0 N–H and O–H groups in total. The zero-order chi connectivity index (χ0) is 14.2. The first kappa shape index (κ1) is 17.9. The molecule has 19 heavy (non-hydrogen) atoms. The third kappa shape index (κ3) is 13.1. The van der Waals surface area contributed by atoms with Crippen molar-refractivity contribution in [1.29, 1.82) is 15.8 Å². The molecule has 0 aliphatic rings. The van der Waals surface area contributed by atoms with Gasteiger partial charge in [-0.1, -0.05) is 0 Å². The molecule has 0 fully saturated rings. The minimum absolute atomic E-state index is 0.0613. The summed E-state index contributed by atoms with van der Waals surface area (Å²) in [5.41, 5.74) is 0. The van der Waals surface area contributed by atoms with Crippen LogP contribution < -0.4 is 0 Å². The Labute approximate surface area is 119 Å². The number of rotatable bonds is 12. The molecular formula is C15H24N3P. The molecule has 0 aliphatic carbocycles. The molecule has 0 spiro atoms. The largest absolute Gasteiger partial charge is 0.198 e. The van der Waals surface area contributed by atoms with Crippen LogP contribution in [0.25, 0.3) is 0 Å². The zero-order valence-electron chi connectivity index (χ0n) is 11.8. The van der Waals surface area contributed by atoms with E-state index in [-0.39, 0.29) is 7.92 Å². The van der Waals surface area contributed by atoms with E-state index in [2.05, 4.69) is 18.2 Å². The molecule has 0 unspecified atom stereocenters. The third-order valence-corrected chi connectivity index (χ3v) is 5.88. The summed E-state index contributed by atoms with van der Waals surface area (Å²) in [5, 5.41) is 25.6. The first-order valence-corrected chi connectivity index (χ1v) is 9.08. The molecular weight excluding hydrogens is 253 g/mol. The highest BCUT2D eigenvalue weighted by atomic mass is 31.1. The molecule has 0 rings (SSSR count). The SMILES string of the molecule is N#CCCCCP(CCCCC#N)CCCCC#N. The van der Waals surface area contributed by atoms with Crippen LogP contribution in [0.1, 0.15) is 57.8 Å². The second-order valence-electron chi connectivity index (χ2n) is 4.69. The van der Waals surface area contributed by atoms with E-state index >= 15 is 0 Å². The van der Waals surface area contributed by atoms with Gasteiger partial charge in [0.2, 0.25) is 0 Å². The quantitative estimate of drug-likeness (QED) is 0.388. The molecule has 0 aromatic heterocycles. The second kappa shape index (κ2) is 15.0. The fourth-order valence-electron chi connectivity index (χ4n) is 1.95. The Morgan fingerprint density at radius 3 is 1.11 bits per heavy atom. The van der Waals surface area contributed by atoms with E-state index in [1.165, 1.54) is 18.5 Å². The summed E-state index contributed by atoms with van der Waals surface area (Å²) in [6.45, 7) is 0.